The van der Waals surface area contributed by atoms with Crippen LogP contribution in [0.1, 0.15) is 31.2 Å². The second-order valence-corrected chi connectivity index (χ2v) is 11.2. The highest BCUT2D eigenvalue weighted by Crippen LogP contribution is 2.37. The maximum Gasteiger partial charge on any atom is 0.226 e. The summed E-state index contributed by atoms with van der Waals surface area (Å²) >= 11 is 0. The van der Waals surface area contributed by atoms with Gasteiger partial charge in [-0.15, -0.1) is 0 Å². The van der Waals surface area contributed by atoms with Gasteiger partial charge in [0, 0.05) is 11.5 Å². The highest BCUT2D eigenvalue weighted by Gasteiger charge is 2.50. The Morgan fingerprint density at radius 2 is 1.79 bits per heavy atom. The number of amides is 1. The van der Waals surface area contributed by atoms with E-state index in [4.69, 9.17) is 0 Å². The van der Waals surface area contributed by atoms with Gasteiger partial charge in [-0.1, -0.05) is 30.3 Å². The molecule has 2 saturated carbocycles. The molecule has 1 saturated heterocycles. The second-order valence-electron chi connectivity index (χ2n) is 9.23. The third-order valence-corrected chi connectivity index (χ3v) is 8.64. The van der Waals surface area contributed by atoms with Crippen molar-refractivity contribution in [3.8, 4) is 11.1 Å². The molecule has 0 radical (unpaired) electrons. The minimum absolute atomic E-state index is 0.0499. The predicted octanol–water partition coefficient (Wildman–Crippen LogP) is 3.58. The van der Waals surface area contributed by atoms with Gasteiger partial charge in [0.15, 0.2) is 0 Å². The van der Waals surface area contributed by atoms with E-state index in [0.717, 1.165) is 12.8 Å². The van der Waals surface area contributed by atoms with Crippen LogP contribution in [0.15, 0.2) is 42.5 Å². The van der Waals surface area contributed by atoms with Crippen molar-refractivity contribution in [1.82, 2.24) is 9.62 Å². The number of hydrogen-bond acceptors (Lipinski definition) is 3. The molecule has 33 heavy (non-hydrogen) atoms. The Morgan fingerprint density at radius 1 is 1.06 bits per heavy atom. The standard InChI is InChI=1S/C24H25F3N2O3S/c25-17-5-1-3-15(11-17)19-6-2-4-16(22(19)27)12-21-23(28-33(31,32)18-9-10-18)20(26)13-29(21)24(30)14-7-8-14/h1-6,11,14,18,20-21,23,28H,7-10,12-13H2/t20-,21-,23-/m0/s1. The van der Waals surface area contributed by atoms with E-state index in [1.54, 1.807) is 12.1 Å². The Bertz CT molecular complexity index is 1180. The Hall–Kier alpha value is -2.39. The van der Waals surface area contributed by atoms with Crippen LogP contribution in [0.5, 0.6) is 0 Å². The number of alkyl halides is 1. The molecule has 3 atom stereocenters. The van der Waals surface area contributed by atoms with E-state index >= 15 is 8.78 Å². The van der Waals surface area contributed by atoms with Crippen LogP contribution < -0.4 is 4.72 Å². The number of hydrogen-bond donors (Lipinski definition) is 1. The number of benzene rings is 2. The van der Waals surface area contributed by atoms with Crippen LogP contribution in [0.25, 0.3) is 11.1 Å². The summed E-state index contributed by atoms with van der Waals surface area (Å²) in [7, 11) is -3.71. The van der Waals surface area contributed by atoms with E-state index in [0.29, 0.717) is 18.4 Å². The van der Waals surface area contributed by atoms with Gasteiger partial charge < -0.3 is 4.90 Å². The number of carbonyl (C=O) groups is 1. The van der Waals surface area contributed by atoms with Gasteiger partial charge in [0.1, 0.15) is 17.8 Å². The fraction of sp³-hybridized carbons (Fsp3) is 0.458. The van der Waals surface area contributed by atoms with Crippen molar-refractivity contribution in [3.63, 3.8) is 0 Å². The summed E-state index contributed by atoms with van der Waals surface area (Å²) in [4.78, 5) is 14.3. The fourth-order valence-electron chi connectivity index (χ4n) is 4.59. The monoisotopic (exact) mass is 478 g/mol. The van der Waals surface area contributed by atoms with Crippen molar-refractivity contribution in [3.05, 3.63) is 59.7 Å². The predicted molar refractivity (Wildman–Crippen MR) is 117 cm³/mol. The summed E-state index contributed by atoms with van der Waals surface area (Å²) in [6.07, 6.45) is 0.867. The quantitative estimate of drug-likeness (QED) is 0.662. The van der Waals surface area contributed by atoms with E-state index in [9.17, 15) is 17.6 Å². The Balaban J connectivity index is 1.47. The molecule has 5 nitrogen and oxygen atoms in total. The smallest absolute Gasteiger partial charge is 0.226 e. The molecule has 2 aromatic rings. The Morgan fingerprint density at radius 3 is 2.45 bits per heavy atom. The van der Waals surface area contributed by atoms with Gasteiger partial charge in [-0.05, 0) is 55.4 Å². The lowest BCUT2D eigenvalue weighted by atomic mass is 9.95. The normalized spacial score (nSPS) is 25.4. The zero-order chi connectivity index (χ0) is 23.3. The van der Waals surface area contributed by atoms with Gasteiger partial charge in [-0.3, -0.25) is 4.79 Å². The minimum atomic E-state index is -3.71. The molecule has 1 heterocycles. The van der Waals surface area contributed by atoms with Gasteiger partial charge in [0.25, 0.3) is 0 Å². The molecule has 9 heteroatoms. The van der Waals surface area contributed by atoms with Crippen molar-refractivity contribution in [2.24, 2.45) is 5.92 Å². The van der Waals surface area contributed by atoms with Crippen molar-refractivity contribution in [2.75, 3.05) is 6.54 Å². The lowest BCUT2D eigenvalue weighted by Gasteiger charge is -2.29. The number of rotatable bonds is 7. The number of nitrogens with zero attached hydrogens (tertiary/aromatic N) is 1. The van der Waals surface area contributed by atoms with E-state index in [-0.39, 0.29) is 35.9 Å². The molecule has 2 aromatic carbocycles. The van der Waals surface area contributed by atoms with Crippen molar-refractivity contribution < 1.29 is 26.4 Å². The minimum Gasteiger partial charge on any atom is -0.334 e. The van der Waals surface area contributed by atoms with Crippen LogP contribution in [0, 0.1) is 17.6 Å². The molecule has 2 aliphatic carbocycles. The molecule has 5 rings (SSSR count). The van der Waals surface area contributed by atoms with Gasteiger partial charge >= 0.3 is 0 Å². The highest BCUT2D eigenvalue weighted by atomic mass is 32.2. The summed E-state index contributed by atoms with van der Waals surface area (Å²) in [6, 6.07) is 8.27. The van der Waals surface area contributed by atoms with Crippen LogP contribution in [0.4, 0.5) is 13.2 Å². The number of nitrogens with one attached hydrogen (secondary N) is 1. The topological polar surface area (TPSA) is 66.5 Å². The van der Waals surface area contributed by atoms with Crippen LogP contribution in [0.2, 0.25) is 0 Å². The molecule has 1 aliphatic heterocycles. The molecule has 0 aromatic heterocycles. The van der Waals surface area contributed by atoms with Crippen LogP contribution in [-0.2, 0) is 21.2 Å². The Kier molecular flexibility index (Phi) is 5.73. The molecule has 0 spiro atoms. The first-order valence-corrected chi connectivity index (χ1v) is 12.8. The first-order chi connectivity index (χ1) is 15.7. The third kappa shape index (κ3) is 4.53. The van der Waals surface area contributed by atoms with Crippen molar-refractivity contribution in [2.45, 2.75) is 55.6 Å². The maximum atomic E-state index is 15.5. The molecule has 3 aliphatic rings. The van der Waals surface area contributed by atoms with Gasteiger partial charge in [-0.2, -0.15) is 0 Å². The molecular weight excluding hydrogens is 453 g/mol. The van der Waals surface area contributed by atoms with E-state index in [2.05, 4.69) is 4.72 Å². The van der Waals surface area contributed by atoms with E-state index < -0.39 is 45.2 Å². The first kappa shape index (κ1) is 22.4. The van der Waals surface area contributed by atoms with Crippen molar-refractivity contribution in [1.29, 1.82) is 0 Å². The number of carbonyl (C=O) groups excluding carboxylic acids is 1. The maximum absolute atomic E-state index is 15.5. The number of sulfonamides is 1. The number of likely N-dealkylation sites (tertiary alicyclic amines) is 1. The summed E-state index contributed by atoms with van der Waals surface area (Å²) < 4.78 is 71.9. The molecule has 3 fully saturated rings. The number of halogens is 3. The fourth-order valence-corrected chi connectivity index (χ4v) is 6.22. The van der Waals surface area contributed by atoms with Gasteiger partial charge in [0.2, 0.25) is 15.9 Å². The lowest BCUT2D eigenvalue weighted by Crippen LogP contribution is -2.50. The summed E-state index contributed by atoms with van der Waals surface area (Å²) in [5, 5.41) is -0.536. The molecule has 0 unspecified atom stereocenters. The van der Waals surface area contributed by atoms with Crippen molar-refractivity contribution >= 4 is 15.9 Å². The average molecular weight is 479 g/mol. The summed E-state index contributed by atoms with van der Waals surface area (Å²) in [5.41, 5.74) is 0.776. The summed E-state index contributed by atoms with van der Waals surface area (Å²) in [5.74, 6) is -1.48. The third-order valence-electron chi connectivity index (χ3n) is 6.69. The molecular formula is C24H25F3N2O3S. The zero-order valence-electron chi connectivity index (χ0n) is 17.9. The Labute approximate surface area is 191 Å². The van der Waals surface area contributed by atoms with E-state index in [1.807, 2.05) is 0 Å². The SMILES string of the molecule is O=C(C1CC1)N1C[C@H](F)[C@H](NS(=O)(=O)C2CC2)[C@@H]1Cc1cccc(-c2cccc(F)c2)c1F. The molecule has 0 bridgehead atoms. The largest absolute Gasteiger partial charge is 0.334 e. The van der Waals surface area contributed by atoms with Crippen LogP contribution in [0.3, 0.4) is 0 Å². The molecule has 176 valence electrons. The molecule has 1 amide bonds. The van der Waals surface area contributed by atoms with E-state index in [1.165, 1.54) is 35.2 Å². The highest BCUT2D eigenvalue weighted by molar-refractivity contribution is 7.90. The second kappa shape index (κ2) is 8.43. The lowest BCUT2D eigenvalue weighted by molar-refractivity contribution is -0.133. The average Bonchev–Trinajstić information content (AvgIpc) is 3.68. The van der Waals surface area contributed by atoms with Gasteiger partial charge in [0.05, 0.1) is 23.9 Å². The van der Waals surface area contributed by atoms with Crippen LogP contribution >= 0.6 is 0 Å². The zero-order valence-corrected chi connectivity index (χ0v) is 18.7. The van der Waals surface area contributed by atoms with Gasteiger partial charge in [-0.25, -0.2) is 26.3 Å². The van der Waals surface area contributed by atoms with Crippen LogP contribution in [-0.4, -0.2) is 49.3 Å². The molecule has 1 N–H and O–H groups in total. The summed E-state index contributed by atoms with van der Waals surface area (Å²) in [6.45, 7) is -0.219. The first-order valence-electron chi connectivity index (χ1n) is 11.2.